The van der Waals surface area contributed by atoms with Crippen LogP contribution in [-0.2, 0) is 24.5 Å². The van der Waals surface area contributed by atoms with Crippen molar-refractivity contribution in [2.75, 3.05) is 20.3 Å². The van der Waals surface area contributed by atoms with Crippen molar-refractivity contribution in [1.82, 2.24) is 15.1 Å². The van der Waals surface area contributed by atoms with E-state index in [1.165, 1.54) is 11.7 Å². The standard InChI is InChI=1S/C9H14F3N3O/c1-15-7(6-13-3-4-16-2)5-8(14-15)9(10,11)12/h5,13H,3-4,6H2,1-2H3. The van der Waals surface area contributed by atoms with E-state index in [9.17, 15) is 13.2 Å². The number of methoxy groups -OCH3 is 1. The van der Waals surface area contributed by atoms with E-state index in [1.807, 2.05) is 0 Å². The maximum absolute atomic E-state index is 12.3. The Hall–Kier alpha value is -1.08. The van der Waals surface area contributed by atoms with E-state index in [0.717, 1.165) is 6.07 Å². The number of halogens is 3. The van der Waals surface area contributed by atoms with Gasteiger partial charge in [-0.2, -0.15) is 18.3 Å². The average molecular weight is 237 g/mol. The van der Waals surface area contributed by atoms with Crippen LogP contribution in [-0.4, -0.2) is 30.0 Å². The van der Waals surface area contributed by atoms with Crippen LogP contribution in [0.15, 0.2) is 6.07 Å². The Labute approximate surface area is 91.4 Å². The van der Waals surface area contributed by atoms with Gasteiger partial charge >= 0.3 is 6.18 Å². The van der Waals surface area contributed by atoms with Gasteiger partial charge in [-0.15, -0.1) is 0 Å². The minimum absolute atomic E-state index is 0.336. The van der Waals surface area contributed by atoms with Crippen molar-refractivity contribution in [3.8, 4) is 0 Å². The third-order valence-corrected chi connectivity index (χ3v) is 2.06. The fraction of sp³-hybridized carbons (Fsp3) is 0.667. The van der Waals surface area contributed by atoms with E-state index in [2.05, 4.69) is 10.4 Å². The maximum Gasteiger partial charge on any atom is 0.435 e. The summed E-state index contributed by atoms with van der Waals surface area (Å²) in [7, 11) is 3.05. The number of aryl methyl sites for hydroxylation is 1. The minimum Gasteiger partial charge on any atom is -0.383 e. The second-order valence-electron chi connectivity index (χ2n) is 3.31. The number of hydrogen-bond acceptors (Lipinski definition) is 3. The molecule has 0 spiro atoms. The summed E-state index contributed by atoms with van der Waals surface area (Å²) in [6.45, 7) is 1.44. The molecular formula is C9H14F3N3O. The summed E-state index contributed by atoms with van der Waals surface area (Å²) >= 11 is 0. The molecule has 1 N–H and O–H groups in total. The summed E-state index contributed by atoms with van der Waals surface area (Å²) in [5, 5.41) is 6.36. The summed E-state index contributed by atoms with van der Waals surface area (Å²) in [5.41, 5.74) is -0.373. The zero-order valence-corrected chi connectivity index (χ0v) is 9.14. The Bertz CT molecular complexity index is 335. The quantitative estimate of drug-likeness (QED) is 0.781. The highest BCUT2D eigenvalue weighted by atomic mass is 19.4. The number of aromatic nitrogens is 2. The first-order valence-corrected chi connectivity index (χ1v) is 4.75. The molecule has 0 amide bonds. The summed E-state index contributed by atoms with van der Waals surface area (Å²) in [4.78, 5) is 0. The molecule has 0 saturated heterocycles. The van der Waals surface area contributed by atoms with Crippen LogP contribution in [0.25, 0.3) is 0 Å². The molecule has 16 heavy (non-hydrogen) atoms. The van der Waals surface area contributed by atoms with Gasteiger partial charge in [0.25, 0.3) is 0 Å². The lowest BCUT2D eigenvalue weighted by Crippen LogP contribution is -2.20. The molecule has 0 unspecified atom stereocenters. The molecule has 0 radical (unpaired) electrons. The monoisotopic (exact) mass is 237 g/mol. The first-order chi connectivity index (χ1) is 7.45. The van der Waals surface area contributed by atoms with Gasteiger partial charge in [-0.25, -0.2) is 0 Å². The van der Waals surface area contributed by atoms with Gasteiger partial charge in [0.05, 0.1) is 12.3 Å². The van der Waals surface area contributed by atoms with Gasteiger partial charge < -0.3 is 10.1 Å². The molecule has 0 fully saturated rings. The Morgan fingerprint density at radius 1 is 1.50 bits per heavy atom. The fourth-order valence-corrected chi connectivity index (χ4v) is 1.20. The van der Waals surface area contributed by atoms with Gasteiger partial charge in [-0.1, -0.05) is 0 Å². The van der Waals surface area contributed by atoms with Crippen molar-refractivity contribution < 1.29 is 17.9 Å². The van der Waals surface area contributed by atoms with Crippen LogP contribution >= 0.6 is 0 Å². The summed E-state index contributed by atoms with van der Waals surface area (Å²) < 4.78 is 43.0. The third kappa shape index (κ3) is 3.49. The topological polar surface area (TPSA) is 39.1 Å². The first-order valence-electron chi connectivity index (χ1n) is 4.75. The molecule has 0 aromatic carbocycles. The SMILES string of the molecule is COCCNCc1cc(C(F)(F)F)nn1C. The zero-order chi connectivity index (χ0) is 12.2. The normalized spacial score (nSPS) is 12.1. The maximum atomic E-state index is 12.3. The smallest absolute Gasteiger partial charge is 0.383 e. The number of alkyl halides is 3. The van der Waals surface area contributed by atoms with Crippen LogP contribution in [0.1, 0.15) is 11.4 Å². The number of hydrogen-bond donors (Lipinski definition) is 1. The predicted octanol–water partition coefficient (Wildman–Crippen LogP) is 1.17. The summed E-state index contributed by atoms with van der Waals surface area (Å²) in [6, 6.07) is 1.04. The van der Waals surface area contributed by atoms with Gasteiger partial charge in [0, 0.05) is 27.2 Å². The predicted molar refractivity (Wildman–Crippen MR) is 51.8 cm³/mol. The molecule has 7 heteroatoms. The van der Waals surface area contributed by atoms with Crippen LogP contribution < -0.4 is 5.32 Å². The molecular weight excluding hydrogens is 223 g/mol. The highest BCUT2D eigenvalue weighted by molar-refractivity contribution is 5.12. The van der Waals surface area contributed by atoms with E-state index in [0.29, 0.717) is 25.4 Å². The largest absolute Gasteiger partial charge is 0.435 e. The molecule has 1 heterocycles. The average Bonchev–Trinajstić information content (AvgIpc) is 2.55. The molecule has 0 atom stereocenters. The molecule has 0 aliphatic heterocycles. The summed E-state index contributed by atoms with van der Waals surface area (Å²) in [6.07, 6.45) is -4.39. The number of nitrogens with zero attached hydrogens (tertiary/aromatic N) is 2. The highest BCUT2D eigenvalue weighted by Gasteiger charge is 2.34. The van der Waals surface area contributed by atoms with E-state index in [4.69, 9.17) is 4.74 Å². The first kappa shape index (κ1) is 13.0. The molecule has 1 aromatic heterocycles. The van der Waals surface area contributed by atoms with Gasteiger partial charge in [-0.3, -0.25) is 4.68 Å². The molecule has 0 aliphatic rings. The Morgan fingerprint density at radius 3 is 2.69 bits per heavy atom. The lowest BCUT2D eigenvalue weighted by atomic mass is 10.3. The Morgan fingerprint density at radius 2 is 2.19 bits per heavy atom. The number of ether oxygens (including phenoxy) is 1. The third-order valence-electron chi connectivity index (χ3n) is 2.06. The van der Waals surface area contributed by atoms with Crippen molar-refractivity contribution in [3.63, 3.8) is 0 Å². The van der Waals surface area contributed by atoms with Crippen molar-refractivity contribution in [3.05, 3.63) is 17.5 Å². The van der Waals surface area contributed by atoms with Crippen molar-refractivity contribution in [2.24, 2.45) is 7.05 Å². The van der Waals surface area contributed by atoms with Crippen molar-refractivity contribution in [1.29, 1.82) is 0 Å². The molecule has 92 valence electrons. The summed E-state index contributed by atoms with van der Waals surface area (Å²) in [5.74, 6) is 0. The molecule has 0 saturated carbocycles. The van der Waals surface area contributed by atoms with Crippen LogP contribution in [0.5, 0.6) is 0 Å². The van der Waals surface area contributed by atoms with Gasteiger partial charge in [0.1, 0.15) is 0 Å². The molecule has 0 aliphatic carbocycles. The van der Waals surface area contributed by atoms with Crippen LogP contribution in [0.3, 0.4) is 0 Å². The molecule has 4 nitrogen and oxygen atoms in total. The molecule has 0 bridgehead atoms. The number of nitrogens with one attached hydrogen (secondary N) is 1. The van der Waals surface area contributed by atoms with Crippen molar-refractivity contribution >= 4 is 0 Å². The Balaban J connectivity index is 2.57. The second-order valence-corrected chi connectivity index (χ2v) is 3.31. The van der Waals surface area contributed by atoms with E-state index >= 15 is 0 Å². The van der Waals surface area contributed by atoms with Gasteiger partial charge in [0.2, 0.25) is 0 Å². The fourth-order valence-electron chi connectivity index (χ4n) is 1.20. The van der Waals surface area contributed by atoms with E-state index < -0.39 is 11.9 Å². The van der Waals surface area contributed by atoms with E-state index in [1.54, 1.807) is 7.11 Å². The van der Waals surface area contributed by atoms with Crippen molar-refractivity contribution in [2.45, 2.75) is 12.7 Å². The van der Waals surface area contributed by atoms with Crippen LogP contribution in [0.2, 0.25) is 0 Å². The van der Waals surface area contributed by atoms with Gasteiger partial charge in [0.15, 0.2) is 5.69 Å². The zero-order valence-electron chi connectivity index (χ0n) is 9.14. The second kappa shape index (κ2) is 5.31. The Kier molecular flexibility index (Phi) is 4.31. The molecule has 1 rings (SSSR count). The van der Waals surface area contributed by atoms with Gasteiger partial charge in [-0.05, 0) is 6.07 Å². The lowest BCUT2D eigenvalue weighted by molar-refractivity contribution is -0.141. The highest BCUT2D eigenvalue weighted by Crippen LogP contribution is 2.28. The van der Waals surface area contributed by atoms with Crippen LogP contribution in [0, 0.1) is 0 Å². The number of rotatable bonds is 5. The molecule has 1 aromatic rings. The van der Waals surface area contributed by atoms with Crippen LogP contribution in [0.4, 0.5) is 13.2 Å². The van der Waals surface area contributed by atoms with E-state index in [-0.39, 0.29) is 0 Å². The lowest BCUT2D eigenvalue weighted by Gasteiger charge is -2.03. The minimum atomic E-state index is -4.39.